The van der Waals surface area contributed by atoms with Crippen molar-refractivity contribution < 1.29 is 4.74 Å². The number of piperidine rings is 1. The van der Waals surface area contributed by atoms with E-state index < -0.39 is 0 Å². The van der Waals surface area contributed by atoms with E-state index in [0.29, 0.717) is 6.04 Å². The Morgan fingerprint density at radius 2 is 2.10 bits per heavy atom. The van der Waals surface area contributed by atoms with Gasteiger partial charge in [0, 0.05) is 37.4 Å². The second kappa shape index (κ2) is 7.78. The maximum Gasteiger partial charge on any atom is 0.143 e. The van der Waals surface area contributed by atoms with Crippen LogP contribution in [0.25, 0.3) is 5.52 Å². The predicted molar refractivity (Wildman–Crippen MR) is 113 cm³/mol. The van der Waals surface area contributed by atoms with E-state index in [2.05, 4.69) is 33.2 Å². The molecule has 8 nitrogen and oxygen atoms in total. The minimum atomic E-state index is -0.205. The zero-order valence-corrected chi connectivity index (χ0v) is 16.9. The largest absolute Gasteiger partial charge is 0.378 e. The number of nitrogens with two attached hydrogens (primary N) is 1. The average molecular weight is 396 g/mol. The molecule has 5 rings (SSSR count). The summed E-state index contributed by atoms with van der Waals surface area (Å²) in [5.74, 6) is 1.92. The van der Waals surface area contributed by atoms with Crippen LogP contribution in [0.5, 0.6) is 0 Å². The number of rotatable bonds is 3. The van der Waals surface area contributed by atoms with E-state index in [-0.39, 0.29) is 6.17 Å². The number of hydrogen-bond donors (Lipinski definition) is 2. The van der Waals surface area contributed by atoms with E-state index in [1.54, 1.807) is 0 Å². The lowest BCUT2D eigenvalue weighted by molar-refractivity contribution is 0.0511. The van der Waals surface area contributed by atoms with Crippen LogP contribution >= 0.6 is 0 Å². The first-order valence-corrected chi connectivity index (χ1v) is 10.5. The van der Waals surface area contributed by atoms with Gasteiger partial charge in [0.15, 0.2) is 0 Å². The number of aromatic nitrogens is 2. The van der Waals surface area contributed by atoms with Crippen molar-refractivity contribution in [1.29, 1.82) is 0 Å². The van der Waals surface area contributed by atoms with Crippen molar-refractivity contribution in [2.75, 3.05) is 39.4 Å². The van der Waals surface area contributed by atoms with Crippen LogP contribution in [0.1, 0.15) is 25.3 Å². The highest BCUT2D eigenvalue weighted by Crippen LogP contribution is 2.30. The van der Waals surface area contributed by atoms with Crippen LogP contribution in [-0.4, -0.2) is 76.8 Å². The molecule has 2 aromatic rings. The number of nitrogens with zero attached hydrogens (tertiary/aromatic N) is 5. The molecule has 0 aromatic carbocycles. The summed E-state index contributed by atoms with van der Waals surface area (Å²) >= 11 is 0. The Bertz CT molecular complexity index is 937. The van der Waals surface area contributed by atoms with Gasteiger partial charge in [-0.3, -0.25) is 0 Å². The SMILES string of the molecule is CC1=C(N2CCOCC2)N=C(c2cnn3ccccc23)N(C2CCCNC2)C1N. The van der Waals surface area contributed by atoms with Crippen LogP contribution in [0.2, 0.25) is 0 Å². The van der Waals surface area contributed by atoms with E-state index in [9.17, 15) is 0 Å². The van der Waals surface area contributed by atoms with Crippen LogP contribution in [0.3, 0.4) is 0 Å². The van der Waals surface area contributed by atoms with E-state index in [1.165, 1.54) is 0 Å². The molecule has 3 N–H and O–H groups in total. The third-order valence-electron chi connectivity index (χ3n) is 6.19. The quantitative estimate of drug-likeness (QED) is 0.807. The standard InChI is InChI=1S/C21H29N7O/c1-15-19(22)28(16-5-4-7-23-13-16)21(25-20(15)26-9-11-29-12-10-26)17-14-24-27-8-3-2-6-18(17)27/h2-3,6,8,14,16,19,23H,4-5,7,9-13,22H2,1H3. The summed E-state index contributed by atoms with van der Waals surface area (Å²) in [6, 6.07) is 6.44. The lowest BCUT2D eigenvalue weighted by Crippen LogP contribution is -2.59. The summed E-state index contributed by atoms with van der Waals surface area (Å²) in [5.41, 5.74) is 10.1. The van der Waals surface area contributed by atoms with Gasteiger partial charge in [-0.1, -0.05) is 6.07 Å². The van der Waals surface area contributed by atoms with E-state index >= 15 is 0 Å². The van der Waals surface area contributed by atoms with Crippen molar-refractivity contribution in [2.45, 2.75) is 32.0 Å². The van der Waals surface area contributed by atoms with Gasteiger partial charge in [0.2, 0.25) is 0 Å². The molecule has 3 aliphatic rings. The fourth-order valence-corrected chi connectivity index (χ4v) is 4.59. The molecule has 154 valence electrons. The van der Waals surface area contributed by atoms with Crippen molar-refractivity contribution in [3.8, 4) is 0 Å². The fourth-order valence-electron chi connectivity index (χ4n) is 4.59. The van der Waals surface area contributed by atoms with Crippen molar-refractivity contribution in [1.82, 2.24) is 24.7 Å². The molecule has 0 bridgehead atoms. The molecular formula is C21H29N7O. The van der Waals surface area contributed by atoms with Gasteiger partial charge in [0.25, 0.3) is 0 Å². The number of aliphatic imine (C=N–C) groups is 1. The Morgan fingerprint density at radius 3 is 2.90 bits per heavy atom. The number of morpholine rings is 1. The normalized spacial score (nSPS) is 26.2. The molecule has 2 aromatic heterocycles. The van der Waals surface area contributed by atoms with Gasteiger partial charge in [0.1, 0.15) is 17.8 Å². The smallest absolute Gasteiger partial charge is 0.143 e. The molecule has 5 heterocycles. The molecule has 0 radical (unpaired) electrons. The highest BCUT2D eigenvalue weighted by atomic mass is 16.5. The minimum absolute atomic E-state index is 0.205. The van der Waals surface area contributed by atoms with E-state index in [4.69, 9.17) is 15.5 Å². The zero-order chi connectivity index (χ0) is 19.8. The zero-order valence-electron chi connectivity index (χ0n) is 16.9. The Morgan fingerprint density at radius 1 is 1.24 bits per heavy atom. The highest BCUT2D eigenvalue weighted by molar-refractivity contribution is 6.05. The van der Waals surface area contributed by atoms with Gasteiger partial charge < -0.3 is 25.6 Å². The number of amidine groups is 1. The summed E-state index contributed by atoms with van der Waals surface area (Å²) in [7, 11) is 0. The lowest BCUT2D eigenvalue weighted by atomic mass is 10.00. The number of fused-ring (bicyclic) bond motifs is 1. The second-order valence-corrected chi connectivity index (χ2v) is 7.98. The number of hydrogen-bond acceptors (Lipinski definition) is 7. The predicted octanol–water partition coefficient (Wildman–Crippen LogP) is 0.997. The Balaban J connectivity index is 1.62. The van der Waals surface area contributed by atoms with Crippen molar-refractivity contribution in [3.05, 3.63) is 47.6 Å². The molecule has 29 heavy (non-hydrogen) atoms. The third-order valence-corrected chi connectivity index (χ3v) is 6.19. The topological polar surface area (TPSA) is 83.4 Å². The highest BCUT2D eigenvalue weighted by Gasteiger charge is 2.36. The number of nitrogens with one attached hydrogen (secondary N) is 1. The first kappa shape index (κ1) is 18.6. The molecule has 2 fully saturated rings. The molecule has 0 aliphatic carbocycles. The molecule has 3 aliphatic heterocycles. The van der Waals surface area contributed by atoms with Gasteiger partial charge in [0.05, 0.1) is 30.5 Å². The molecule has 2 unspecified atom stereocenters. The lowest BCUT2D eigenvalue weighted by Gasteiger charge is -2.45. The summed E-state index contributed by atoms with van der Waals surface area (Å²) < 4.78 is 7.45. The summed E-state index contributed by atoms with van der Waals surface area (Å²) in [6.45, 7) is 7.25. The molecule has 0 saturated carbocycles. The minimum Gasteiger partial charge on any atom is -0.378 e. The van der Waals surface area contributed by atoms with Crippen LogP contribution in [0, 0.1) is 0 Å². The fraction of sp³-hybridized carbons (Fsp3) is 0.524. The van der Waals surface area contributed by atoms with Crippen LogP contribution < -0.4 is 11.1 Å². The summed E-state index contributed by atoms with van der Waals surface area (Å²) in [6.07, 6.45) is 5.94. The third kappa shape index (κ3) is 3.31. The number of pyridine rings is 1. The Labute approximate surface area is 171 Å². The first-order chi connectivity index (χ1) is 14.2. The van der Waals surface area contributed by atoms with Gasteiger partial charge in [-0.15, -0.1) is 0 Å². The molecule has 2 atom stereocenters. The first-order valence-electron chi connectivity index (χ1n) is 10.5. The summed E-state index contributed by atoms with van der Waals surface area (Å²) in [4.78, 5) is 9.84. The molecule has 0 amide bonds. The summed E-state index contributed by atoms with van der Waals surface area (Å²) in [5, 5.41) is 8.09. The van der Waals surface area contributed by atoms with Gasteiger partial charge in [-0.2, -0.15) is 5.10 Å². The van der Waals surface area contributed by atoms with E-state index in [1.807, 2.05) is 29.0 Å². The molecular weight excluding hydrogens is 366 g/mol. The van der Waals surface area contributed by atoms with Crippen LogP contribution in [-0.2, 0) is 4.74 Å². The Hall–Kier alpha value is -2.42. The molecule has 8 heteroatoms. The van der Waals surface area contributed by atoms with Crippen LogP contribution in [0.15, 0.2) is 47.0 Å². The van der Waals surface area contributed by atoms with Gasteiger partial charge >= 0.3 is 0 Å². The van der Waals surface area contributed by atoms with Crippen molar-refractivity contribution in [3.63, 3.8) is 0 Å². The average Bonchev–Trinajstić information content (AvgIpc) is 3.21. The van der Waals surface area contributed by atoms with Crippen LogP contribution in [0.4, 0.5) is 0 Å². The maximum atomic E-state index is 6.87. The Kier molecular flexibility index (Phi) is 4.99. The van der Waals surface area contributed by atoms with E-state index in [0.717, 1.165) is 80.5 Å². The molecule has 2 saturated heterocycles. The number of ether oxygens (including phenoxy) is 1. The van der Waals surface area contributed by atoms with Crippen molar-refractivity contribution in [2.24, 2.45) is 10.7 Å². The molecule has 0 spiro atoms. The monoisotopic (exact) mass is 395 g/mol. The van der Waals surface area contributed by atoms with Gasteiger partial charge in [-0.05, 0) is 38.4 Å². The van der Waals surface area contributed by atoms with Gasteiger partial charge in [-0.25, -0.2) is 9.51 Å². The maximum absolute atomic E-state index is 6.87. The second-order valence-electron chi connectivity index (χ2n) is 7.98. The van der Waals surface area contributed by atoms with Crippen molar-refractivity contribution >= 4 is 11.4 Å².